The van der Waals surface area contributed by atoms with E-state index in [4.69, 9.17) is 14.8 Å². The van der Waals surface area contributed by atoms with E-state index in [2.05, 4.69) is 157 Å². The summed E-state index contributed by atoms with van der Waals surface area (Å²) in [6.45, 7) is 22.2. The van der Waals surface area contributed by atoms with Crippen LogP contribution in [0.1, 0.15) is 87.2 Å². The number of hydrogen-bond donors (Lipinski definition) is 0. The van der Waals surface area contributed by atoms with Gasteiger partial charge >= 0.3 is 20.4 Å². The number of benzene rings is 4. The number of ether oxygens (including phenoxy) is 1. The Morgan fingerprint density at radius 2 is 1.55 bits per heavy atom. The van der Waals surface area contributed by atoms with E-state index in [0.29, 0.717) is 17.4 Å². The minimum absolute atomic E-state index is 0. The Kier molecular flexibility index (Phi) is 10.9. The van der Waals surface area contributed by atoms with Crippen molar-refractivity contribution >= 4 is 21.8 Å². The number of pyridine rings is 1. The summed E-state index contributed by atoms with van der Waals surface area (Å²) in [5, 5.41) is 7.51. The first-order valence-electron chi connectivity index (χ1n) is 18.7. The molecular formula is C47H50N4OPd. The summed E-state index contributed by atoms with van der Waals surface area (Å²) in [7, 11) is 0. The maximum atomic E-state index is 6.74. The van der Waals surface area contributed by atoms with Gasteiger partial charge in [0.15, 0.2) is 0 Å². The summed E-state index contributed by atoms with van der Waals surface area (Å²) in [5.74, 6) is 2.69. The van der Waals surface area contributed by atoms with Crippen LogP contribution in [0.25, 0.3) is 44.4 Å². The Labute approximate surface area is 329 Å². The van der Waals surface area contributed by atoms with E-state index >= 15 is 0 Å². The van der Waals surface area contributed by atoms with Crippen molar-refractivity contribution in [3.8, 4) is 34.1 Å². The molecule has 0 amide bonds. The molecule has 0 fully saturated rings. The molecule has 274 valence electrons. The van der Waals surface area contributed by atoms with Gasteiger partial charge < -0.3 is 9.30 Å². The predicted octanol–water partition coefficient (Wildman–Crippen LogP) is 12.1. The van der Waals surface area contributed by atoms with Crippen molar-refractivity contribution in [2.45, 2.75) is 93.9 Å². The molecule has 0 atom stereocenters. The second kappa shape index (κ2) is 15.1. The molecule has 0 bridgehead atoms. The number of aromatic nitrogens is 4. The Morgan fingerprint density at radius 1 is 0.811 bits per heavy atom. The first-order chi connectivity index (χ1) is 24.8. The van der Waals surface area contributed by atoms with E-state index in [-0.39, 0.29) is 25.8 Å². The van der Waals surface area contributed by atoms with E-state index < -0.39 is 0 Å². The van der Waals surface area contributed by atoms with Gasteiger partial charge in [-0.15, -0.1) is 41.3 Å². The van der Waals surface area contributed by atoms with Crippen LogP contribution in [-0.4, -0.2) is 19.3 Å². The van der Waals surface area contributed by atoms with E-state index in [9.17, 15) is 0 Å². The third-order valence-corrected chi connectivity index (χ3v) is 10.2. The normalized spacial score (nSPS) is 11.8. The number of aryl methyl sites for hydroxylation is 5. The molecule has 0 aliphatic carbocycles. The van der Waals surface area contributed by atoms with Gasteiger partial charge in [0.25, 0.3) is 0 Å². The molecular weight excluding hydrogens is 743 g/mol. The summed E-state index contributed by atoms with van der Waals surface area (Å²) in [4.78, 5) is 4.79. The van der Waals surface area contributed by atoms with Crippen LogP contribution in [0.4, 0.5) is 0 Å². The van der Waals surface area contributed by atoms with Crippen molar-refractivity contribution < 1.29 is 25.2 Å². The largest absolute Gasteiger partial charge is 2.00 e. The molecule has 0 saturated carbocycles. The maximum Gasteiger partial charge on any atom is 2.00 e. The van der Waals surface area contributed by atoms with Crippen LogP contribution >= 0.6 is 0 Å². The van der Waals surface area contributed by atoms with E-state index in [0.717, 1.165) is 63.8 Å². The first kappa shape index (κ1) is 38.2. The zero-order valence-electron chi connectivity index (χ0n) is 32.7. The number of fused-ring (bicyclic) bond motifs is 3. The zero-order valence-corrected chi connectivity index (χ0v) is 34.3. The van der Waals surface area contributed by atoms with E-state index in [1.807, 2.05) is 12.3 Å². The summed E-state index contributed by atoms with van der Waals surface area (Å²) in [6.07, 6.45) is 4.80. The second-order valence-electron chi connectivity index (χ2n) is 15.8. The smallest absolute Gasteiger partial charge is 0.509 e. The molecule has 4 aromatic carbocycles. The van der Waals surface area contributed by atoms with Crippen molar-refractivity contribution in [1.82, 2.24) is 19.3 Å². The van der Waals surface area contributed by atoms with E-state index in [1.54, 1.807) is 0 Å². The number of hydrogen-bond acceptors (Lipinski definition) is 3. The van der Waals surface area contributed by atoms with Gasteiger partial charge in [0, 0.05) is 34.5 Å². The molecule has 0 aliphatic heterocycles. The SMILES string of the molecule is CCc1ccnc(-n2c3[c-]c(Oc4[c-]c(-n5nc(C)c(-c6c(C)cc(C)cc6C)c5CCC(C)C)cc(C(C)(C)C)c4)ccc3c3ccccc32)c1.[Pd+2]. The van der Waals surface area contributed by atoms with Crippen molar-refractivity contribution in [2.24, 2.45) is 5.92 Å². The molecule has 0 saturated heterocycles. The van der Waals surface area contributed by atoms with Crippen molar-refractivity contribution in [3.63, 3.8) is 0 Å². The van der Waals surface area contributed by atoms with Crippen molar-refractivity contribution in [3.05, 3.63) is 130 Å². The molecule has 0 aliphatic rings. The van der Waals surface area contributed by atoms with Gasteiger partial charge in [-0.3, -0.25) is 4.68 Å². The van der Waals surface area contributed by atoms with Crippen molar-refractivity contribution in [1.29, 1.82) is 0 Å². The topological polar surface area (TPSA) is 44.9 Å². The Morgan fingerprint density at radius 3 is 2.25 bits per heavy atom. The van der Waals surface area contributed by atoms with Gasteiger partial charge in [-0.25, -0.2) is 4.98 Å². The molecule has 5 nitrogen and oxygen atoms in total. The van der Waals surface area contributed by atoms with Crippen LogP contribution in [0, 0.1) is 45.7 Å². The van der Waals surface area contributed by atoms with Gasteiger partial charge in [-0.2, -0.15) is 11.2 Å². The fraction of sp³-hybridized carbons (Fsp3) is 0.319. The minimum atomic E-state index is -0.134. The fourth-order valence-corrected chi connectivity index (χ4v) is 7.55. The molecule has 0 N–H and O–H groups in total. The van der Waals surface area contributed by atoms with Gasteiger partial charge in [-0.05, 0) is 110 Å². The Bertz CT molecular complexity index is 2420. The molecule has 53 heavy (non-hydrogen) atoms. The quantitative estimate of drug-likeness (QED) is 0.108. The molecule has 6 heteroatoms. The molecule has 7 rings (SSSR count). The maximum absolute atomic E-state index is 6.74. The second-order valence-corrected chi connectivity index (χ2v) is 15.8. The predicted molar refractivity (Wildman–Crippen MR) is 216 cm³/mol. The van der Waals surface area contributed by atoms with Crippen LogP contribution in [0.5, 0.6) is 11.5 Å². The average molecular weight is 793 g/mol. The van der Waals surface area contributed by atoms with Gasteiger partial charge in [0.05, 0.1) is 5.69 Å². The third-order valence-electron chi connectivity index (χ3n) is 10.2. The summed E-state index contributed by atoms with van der Waals surface area (Å²) in [5.41, 5.74) is 13.8. The van der Waals surface area contributed by atoms with Gasteiger partial charge in [0.2, 0.25) is 0 Å². The van der Waals surface area contributed by atoms with Gasteiger partial charge in [-0.1, -0.05) is 83.0 Å². The van der Waals surface area contributed by atoms with Crippen LogP contribution in [-0.2, 0) is 38.7 Å². The summed E-state index contributed by atoms with van der Waals surface area (Å²) < 4.78 is 11.1. The summed E-state index contributed by atoms with van der Waals surface area (Å²) in [6, 6.07) is 33.1. The minimum Gasteiger partial charge on any atom is -0.509 e. The molecule has 3 heterocycles. The standard InChI is InChI=1S/C47H50N4O.Pd/c1-11-34-20-21-48-44(24-34)50-41-15-13-12-14-39(41)40-18-17-37(28-43(40)50)52-38-26-35(47(8,9)10)25-36(27-38)51-42(19-16-29(2)3)46(33(7)49-51)45-31(5)22-30(4)23-32(45)6;/h12-15,17-18,20-26,29H,11,16,19H2,1-10H3;/q-2;+2. The Hall–Kier alpha value is -4.50. The van der Waals surface area contributed by atoms with E-state index in [1.165, 1.54) is 39.1 Å². The van der Waals surface area contributed by atoms with Crippen LogP contribution in [0.3, 0.4) is 0 Å². The Balaban J connectivity index is 0.00000481. The number of para-hydroxylation sites is 1. The number of rotatable bonds is 9. The molecule has 0 unspecified atom stereocenters. The first-order valence-corrected chi connectivity index (χ1v) is 18.7. The molecule has 3 aromatic heterocycles. The zero-order chi connectivity index (χ0) is 36.9. The van der Waals surface area contributed by atoms with Crippen LogP contribution in [0.2, 0.25) is 0 Å². The van der Waals surface area contributed by atoms with Gasteiger partial charge in [0.1, 0.15) is 5.82 Å². The van der Waals surface area contributed by atoms with Crippen molar-refractivity contribution in [2.75, 3.05) is 0 Å². The van der Waals surface area contributed by atoms with Crippen LogP contribution in [0.15, 0.2) is 79.0 Å². The average Bonchev–Trinajstić information content (AvgIpc) is 3.60. The summed E-state index contributed by atoms with van der Waals surface area (Å²) >= 11 is 0. The monoisotopic (exact) mass is 792 g/mol. The third kappa shape index (κ3) is 7.50. The number of nitrogens with zero attached hydrogens (tertiary/aromatic N) is 4. The fourth-order valence-electron chi connectivity index (χ4n) is 7.55. The van der Waals surface area contributed by atoms with Crippen LogP contribution < -0.4 is 4.74 Å². The molecule has 0 radical (unpaired) electrons. The molecule has 7 aromatic rings. The molecule has 0 spiro atoms.